The van der Waals surface area contributed by atoms with E-state index in [4.69, 9.17) is 4.74 Å². The number of aromatic nitrogens is 2. The van der Waals surface area contributed by atoms with E-state index in [0.717, 1.165) is 47.9 Å². The summed E-state index contributed by atoms with van der Waals surface area (Å²) in [4.78, 5) is 9.33. The fraction of sp³-hybridized carbons (Fsp3) is 0.412. The highest BCUT2D eigenvalue weighted by molar-refractivity contribution is 5.57. The zero-order valence-corrected chi connectivity index (χ0v) is 13.2. The number of ether oxygens (including phenoxy) is 1. The smallest absolute Gasteiger partial charge is 0.159 e. The first-order valence-electron chi connectivity index (χ1n) is 7.29. The summed E-state index contributed by atoms with van der Waals surface area (Å²) >= 11 is 0. The number of nitrogens with one attached hydrogen (secondary N) is 1. The van der Waals surface area contributed by atoms with Crippen LogP contribution in [0, 0.1) is 13.8 Å². The Morgan fingerprint density at radius 1 is 1.05 bits per heavy atom. The Morgan fingerprint density at radius 2 is 1.67 bits per heavy atom. The third-order valence-corrected chi connectivity index (χ3v) is 3.62. The third-order valence-electron chi connectivity index (χ3n) is 3.62. The van der Waals surface area contributed by atoms with Gasteiger partial charge in [-0.3, -0.25) is 0 Å². The van der Waals surface area contributed by atoms with Gasteiger partial charge in [0.1, 0.15) is 5.75 Å². The van der Waals surface area contributed by atoms with Crippen molar-refractivity contribution >= 4 is 0 Å². The summed E-state index contributed by atoms with van der Waals surface area (Å²) in [5, 5.41) is 3.17. The average Bonchev–Trinajstić information content (AvgIpc) is 2.50. The fourth-order valence-electron chi connectivity index (χ4n) is 2.41. The molecule has 1 aromatic carbocycles. The minimum atomic E-state index is 0.782. The molecule has 0 unspecified atom stereocenters. The molecule has 0 atom stereocenters. The van der Waals surface area contributed by atoms with Crippen molar-refractivity contribution in [3.63, 3.8) is 0 Å². The molecule has 1 heterocycles. The molecule has 0 bridgehead atoms. The van der Waals surface area contributed by atoms with Crippen molar-refractivity contribution in [1.82, 2.24) is 15.3 Å². The first-order valence-corrected chi connectivity index (χ1v) is 7.29. The highest BCUT2D eigenvalue weighted by atomic mass is 16.5. The predicted molar refractivity (Wildman–Crippen MR) is 85.7 cm³/mol. The van der Waals surface area contributed by atoms with Crippen LogP contribution in [-0.4, -0.2) is 30.7 Å². The van der Waals surface area contributed by atoms with E-state index in [1.165, 1.54) is 5.56 Å². The van der Waals surface area contributed by atoms with E-state index in [1.54, 1.807) is 7.11 Å². The third kappa shape index (κ3) is 3.79. The normalized spacial score (nSPS) is 10.7. The summed E-state index contributed by atoms with van der Waals surface area (Å²) in [6.07, 6.45) is 2.12. The molecule has 4 nitrogen and oxygen atoms in total. The lowest BCUT2D eigenvalue weighted by molar-refractivity contribution is 0.415. The molecular formula is C17H23N3O. The van der Waals surface area contributed by atoms with Crippen molar-refractivity contribution in [3.8, 4) is 17.1 Å². The second-order valence-electron chi connectivity index (χ2n) is 5.13. The zero-order valence-electron chi connectivity index (χ0n) is 13.2. The van der Waals surface area contributed by atoms with Gasteiger partial charge in [0, 0.05) is 17.0 Å². The van der Waals surface area contributed by atoms with E-state index in [9.17, 15) is 0 Å². The molecule has 2 rings (SSSR count). The average molecular weight is 285 g/mol. The van der Waals surface area contributed by atoms with Crippen molar-refractivity contribution in [2.45, 2.75) is 26.7 Å². The van der Waals surface area contributed by atoms with E-state index in [2.05, 4.69) is 29.1 Å². The van der Waals surface area contributed by atoms with Crippen molar-refractivity contribution in [2.24, 2.45) is 0 Å². The first kappa shape index (κ1) is 15.4. The van der Waals surface area contributed by atoms with Crippen LogP contribution in [0.2, 0.25) is 0 Å². The molecule has 0 spiro atoms. The van der Waals surface area contributed by atoms with Gasteiger partial charge in [-0.2, -0.15) is 0 Å². The Kier molecular flexibility index (Phi) is 5.28. The topological polar surface area (TPSA) is 47.0 Å². The van der Waals surface area contributed by atoms with Gasteiger partial charge in [0.2, 0.25) is 0 Å². The molecule has 1 N–H and O–H groups in total. The van der Waals surface area contributed by atoms with Crippen LogP contribution in [0.1, 0.15) is 23.4 Å². The fourth-order valence-corrected chi connectivity index (χ4v) is 2.41. The molecule has 0 aliphatic rings. The Balaban J connectivity index is 2.25. The van der Waals surface area contributed by atoms with Crippen LogP contribution >= 0.6 is 0 Å². The van der Waals surface area contributed by atoms with Gasteiger partial charge in [-0.1, -0.05) is 0 Å². The van der Waals surface area contributed by atoms with Gasteiger partial charge < -0.3 is 10.1 Å². The van der Waals surface area contributed by atoms with E-state index in [0.29, 0.717) is 0 Å². The highest BCUT2D eigenvalue weighted by Crippen LogP contribution is 2.22. The minimum Gasteiger partial charge on any atom is -0.497 e. The van der Waals surface area contributed by atoms with Gasteiger partial charge in [0.25, 0.3) is 0 Å². The minimum absolute atomic E-state index is 0.782. The number of aryl methyl sites for hydroxylation is 2. The summed E-state index contributed by atoms with van der Waals surface area (Å²) in [6, 6.07) is 7.86. The summed E-state index contributed by atoms with van der Waals surface area (Å²) in [7, 11) is 3.64. The van der Waals surface area contributed by atoms with Crippen molar-refractivity contribution in [3.05, 3.63) is 41.2 Å². The van der Waals surface area contributed by atoms with Crippen molar-refractivity contribution < 1.29 is 4.74 Å². The maximum absolute atomic E-state index is 5.18. The molecule has 2 aromatic rings. The van der Waals surface area contributed by atoms with E-state index >= 15 is 0 Å². The Morgan fingerprint density at radius 3 is 2.19 bits per heavy atom. The van der Waals surface area contributed by atoms with E-state index < -0.39 is 0 Å². The molecule has 4 heteroatoms. The molecule has 0 fully saturated rings. The van der Waals surface area contributed by atoms with Crippen LogP contribution in [0.3, 0.4) is 0 Å². The maximum atomic E-state index is 5.18. The molecule has 0 amide bonds. The second-order valence-corrected chi connectivity index (χ2v) is 5.13. The van der Waals surface area contributed by atoms with Gasteiger partial charge in [0.15, 0.2) is 5.82 Å². The van der Waals surface area contributed by atoms with Crippen LogP contribution in [0.4, 0.5) is 0 Å². The number of hydrogen-bond donors (Lipinski definition) is 1. The monoisotopic (exact) mass is 285 g/mol. The molecule has 0 aliphatic carbocycles. The van der Waals surface area contributed by atoms with Crippen LogP contribution in [0.15, 0.2) is 24.3 Å². The van der Waals surface area contributed by atoms with Gasteiger partial charge in [-0.05, 0) is 70.1 Å². The Labute approximate surface area is 126 Å². The largest absolute Gasteiger partial charge is 0.497 e. The molecule has 0 saturated carbocycles. The number of hydrogen-bond acceptors (Lipinski definition) is 4. The maximum Gasteiger partial charge on any atom is 0.159 e. The lowest BCUT2D eigenvalue weighted by Crippen LogP contribution is -2.10. The van der Waals surface area contributed by atoms with Gasteiger partial charge >= 0.3 is 0 Å². The standard InChI is InChI=1S/C17H23N3O/c1-12-16(6-5-11-18-3)13(2)20-17(19-12)14-7-9-15(21-4)10-8-14/h7-10,18H,5-6,11H2,1-4H3. The lowest BCUT2D eigenvalue weighted by Gasteiger charge is -2.11. The first-order chi connectivity index (χ1) is 10.2. The van der Waals surface area contributed by atoms with E-state index in [1.807, 2.05) is 31.3 Å². The summed E-state index contributed by atoms with van der Waals surface area (Å²) in [5.41, 5.74) is 4.43. The second kappa shape index (κ2) is 7.18. The lowest BCUT2D eigenvalue weighted by atomic mass is 10.1. The quantitative estimate of drug-likeness (QED) is 0.829. The van der Waals surface area contributed by atoms with Gasteiger partial charge in [0.05, 0.1) is 7.11 Å². The zero-order chi connectivity index (χ0) is 15.2. The van der Waals surface area contributed by atoms with Gasteiger partial charge in [-0.15, -0.1) is 0 Å². The summed E-state index contributed by atoms with van der Waals surface area (Å²) in [6.45, 7) is 5.14. The molecule has 21 heavy (non-hydrogen) atoms. The number of benzene rings is 1. The predicted octanol–water partition coefficient (Wildman–Crippen LogP) is 2.92. The number of nitrogens with zero attached hydrogens (tertiary/aromatic N) is 2. The molecule has 1 aromatic heterocycles. The Hall–Kier alpha value is -1.94. The van der Waals surface area contributed by atoms with Crippen LogP contribution in [-0.2, 0) is 6.42 Å². The van der Waals surface area contributed by atoms with Crippen LogP contribution in [0.25, 0.3) is 11.4 Å². The van der Waals surface area contributed by atoms with Crippen molar-refractivity contribution in [2.75, 3.05) is 20.7 Å². The Bertz CT molecular complexity index is 570. The SMILES string of the molecule is CNCCCc1c(C)nc(-c2ccc(OC)cc2)nc1C. The molecular weight excluding hydrogens is 262 g/mol. The van der Waals surface area contributed by atoms with Crippen LogP contribution in [0.5, 0.6) is 5.75 Å². The van der Waals surface area contributed by atoms with Crippen LogP contribution < -0.4 is 10.1 Å². The molecule has 0 radical (unpaired) electrons. The molecule has 0 aliphatic heterocycles. The van der Waals surface area contributed by atoms with E-state index in [-0.39, 0.29) is 0 Å². The highest BCUT2D eigenvalue weighted by Gasteiger charge is 2.10. The summed E-state index contributed by atoms with van der Waals surface area (Å²) in [5.74, 6) is 1.63. The molecule has 112 valence electrons. The van der Waals surface area contributed by atoms with Gasteiger partial charge in [-0.25, -0.2) is 9.97 Å². The number of rotatable bonds is 6. The summed E-state index contributed by atoms with van der Waals surface area (Å²) < 4.78 is 5.18. The van der Waals surface area contributed by atoms with Crippen molar-refractivity contribution in [1.29, 1.82) is 0 Å². The molecule has 0 saturated heterocycles. The number of methoxy groups -OCH3 is 1.